The standard InChI is InChI=1S/C30H35ClN2O2S/c1-22-9-8-12-25(17-22)19-33(28(34)21-36-20-24-13-15-26(31)16-14-24)27(29(35)32-30(2,3)4)18-23-10-6-5-7-11-23/h5-17,27H,18-21H2,1-4H3,(H,32,35)/t27-/m1/s1. The van der Waals surface area contributed by atoms with Crippen LogP contribution < -0.4 is 5.32 Å². The van der Waals surface area contributed by atoms with Gasteiger partial charge >= 0.3 is 0 Å². The van der Waals surface area contributed by atoms with Gasteiger partial charge in [0.25, 0.3) is 0 Å². The number of carbonyl (C=O) groups is 2. The Hall–Kier alpha value is -2.76. The summed E-state index contributed by atoms with van der Waals surface area (Å²) < 4.78 is 0. The van der Waals surface area contributed by atoms with Crippen molar-refractivity contribution in [1.29, 1.82) is 0 Å². The summed E-state index contributed by atoms with van der Waals surface area (Å²) in [7, 11) is 0. The van der Waals surface area contributed by atoms with E-state index in [0.717, 1.165) is 22.3 Å². The van der Waals surface area contributed by atoms with Gasteiger partial charge in [0, 0.05) is 29.3 Å². The predicted molar refractivity (Wildman–Crippen MR) is 151 cm³/mol. The van der Waals surface area contributed by atoms with Crippen molar-refractivity contribution in [2.75, 3.05) is 5.75 Å². The Balaban J connectivity index is 1.86. The summed E-state index contributed by atoms with van der Waals surface area (Å²) in [4.78, 5) is 29.0. The molecular weight excluding hydrogens is 488 g/mol. The van der Waals surface area contributed by atoms with Gasteiger partial charge in [0.15, 0.2) is 0 Å². The van der Waals surface area contributed by atoms with E-state index in [9.17, 15) is 9.59 Å². The number of hydrogen-bond donors (Lipinski definition) is 1. The van der Waals surface area contributed by atoms with Crippen LogP contribution in [0, 0.1) is 6.92 Å². The summed E-state index contributed by atoms with van der Waals surface area (Å²) in [5.74, 6) is 0.775. The van der Waals surface area contributed by atoms with Crippen LogP contribution in [-0.4, -0.2) is 34.0 Å². The number of benzene rings is 3. The minimum Gasteiger partial charge on any atom is -0.350 e. The number of amides is 2. The first kappa shape index (κ1) is 27.8. The zero-order valence-electron chi connectivity index (χ0n) is 21.5. The molecule has 0 saturated carbocycles. The van der Waals surface area contributed by atoms with E-state index in [-0.39, 0.29) is 17.6 Å². The fourth-order valence-corrected chi connectivity index (χ4v) is 4.93. The summed E-state index contributed by atoms with van der Waals surface area (Å²) in [6.07, 6.45) is 0.447. The average molecular weight is 523 g/mol. The molecule has 0 fully saturated rings. The van der Waals surface area contributed by atoms with E-state index >= 15 is 0 Å². The van der Waals surface area contributed by atoms with Crippen molar-refractivity contribution in [2.45, 2.75) is 58.0 Å². The normalized spacial score (nSPS) is 12.1. The molecule has 0 aromatic heterocycles. The minimum atomic E-state index is -0.629. The van der Waals surface area contributed by atoms with Crippen LogP contribution in [0.15, 0.2) is 78.9 Å². The Morgan fingerprint density at radius 1 is 0.917 bits per heavy atom. The molecule has 1 atom stereocenters. The second-order valence-corrected chi connectivity index (χ2v) is 11.5. The zero-order valence-corrected chi connectivity index (χ0v) is 23.0. The summed E-state index contributed by atoms with van der Waals surface area (Å²) >= 11 is 7.54. The van der Waals surface area contributed by atoms with Crippen LogP contribution in [0.2, 0.25) is 5.02 Å². The van der Waals surface area contributed by atoms with Crippen LogP contribution in [0.25, 0.3) is 0 Å². The molecule has 0 aliphatic heterocycles. The largest absolute Gasteiger partial charge is 0.350 e. The Morgan fingerprint density at radius 2 is 1.58 bits per heavy atom. The third kappa shape index (κ3) is 9.03. The molecule has 0 aliphatic carbocycles. The second kappa shape index (κ2) is 13.0. The van der Waals surface area contributed by atoms with Gasteiger partial charge in [0.2, 0.25) is 11.8 Å². The molecule has 36 heavy (non-hydrogen) atoms. The first-order valence-corrected chi connectivity index (χ1v) is 13.7. The minimum absolute atomic E-state index is 0.0551. The second-order valence-electron chi connectivity index (χ2n) is 10.1. The molecule has 0 spiro atoms. The van der Waals surface area contributed by atoms with Gasteiger partial charge in [-0.1, -0.05) is 83.9 Å². The van der Waals surface area contributed by atoms with Gasteiger partial charge in [0.1, 0.15) is 6.04 Å². The summed E-state index contributed by atoms with van der Waals surface area (Å²) in [6, 6.07) is 25.0. The number of nitrogens with one attached hydrogen (secondary N) is 1. The van der Waals surface area contributed by atoms with Gasteiger partial charge in [-0.05, 0) is 56.5 Å². The number of thioether (sulfide) groups is 1. The molecule has 3 aromatic carbocycles. The number of nitrogens with zero attached hydrogens (tertiary/aromatic N) is 1. The van der Waals surface area contributed by atoms with Gasteiger partial charge in [-0.2, -0.15) is 0 Å². The molecule has 0 saturated heterocycles. The lowest BCUT2D eigenvalue weighted by molar-refractivity contribution is -0.140. The highest BCUT2D eigenvalue weighted by molar-refractivity contribution is 7.99. The highest BCUT2D eigenvalue weighted by Gasteiger charge is 2.32. The fourth-order valence-electron chi connectivity index (χ4n) is 3.93. The maximum Gasteiger partial charge on any atom is 0.243 e. The van der Waals surface area contributed by atoms with E-state index in [1.54, 1.807) is 16.7 Å². The molecule has 0 aliphatic rings. The van der Waals surface area contributed by atoms with E-state index < -0.39 is 11.6 Å². The maximum atomic E-state index is 13.7. The smallest absolute Gasteiger partial charge is 0.243 e. The summed E-state index contributed by atoms with van der Waals surface area (Å²) in [6.45, 7) is 8.28. The molecule has 3 rings (SSSR count). The van der Waals surface area contributed by atoms with Gasteiger partial charge in [-0.3, -0.25) is 9.59 Å². The van der Waals surface area contributed by atoms with Crippen molar-refractivity contribution in [3.8, 4) is 0 Å². The predicted octanol–water partition coefficient (Wildman–Crippen LogP) is 6.44. The summed E-state index contributed by atoms with van der Waals surface area (Å²) in [5.41, 5.74) is 3.84. The van der Waals surface area contributed by atoms with Crippen molar-refractivity contribution in [1.82, 2.24) is 10.2 Å². The third-order valence-electron chi connectivity index (χ3n) is 5.61. The van der Waals surface area contributed by atoms with E-state index in [0.29, 0.717) is 23.7 Å². The van der Waals surface area contributed by atoms with Crippen molar-refractivity contribution in [2.24, 2.45) is 0 Å². The van der Waals surface area contributed by atoms with Crippen LogP contribution in [0.5, 0.6) is 0 Å². The zero-order chi connectivity index (χ0) is 26.1. The Labute approximate surface area is 224 Å². The molecule has 1 N–H and O–H groups in total. The molecule has 190 valence electrons. The van der Waals surface area contributed by atoms with Gasteiger partial charge < -0.3 is 10.2 Å². The first-order chi connectivity index (χ1) is 17.1. The Morgan fingerprint density at radius 3 is 2.22 bits per heavy atom. The van der Waals surface area contributed by atoms with Crippen LogP contribution >= 0.6 is 23.4 Å². The van der Waals surface area contributed by atoms with Crippen LogP contribution in [-0.2, 0) is 28.3 Å². The molecule has 3 aromatic rings. The topological polar surface area (TPSA) is 49.4 Å². The molecule has 2 amide bonds. The third-order valence-corrected chi connectivity index (χ3v) is 6.85. The van der Waals surface area contributed by atoms with Crippen LogP contribution in [0.3, 0.4) is 0 Å². The highest BCUT2D eigenvalue weighted by Crippen LogP contribution is 2.20. The lowest BCUT2D eigenvalue weighted by Gasteiger charge is -2.34. The maximum absolute atomic E-state index is 13.7. The van der Waals surface area contributed by atoms with Crippen molar-refractivity contribution < 1.29 is 9.59 Å². The average Bonchev–Trinajstić information content (AvgIpc) is 2.82. The lowest BCUT2D eigenvalue weighted by Crippen LogP contribution is -2.54. The molecule has 0 heterocycles. The van der Waals surface area contributed by atoms with Crippen LogP contribution in [0.4, 0.5) is 0 Å². The van der Waals surface area contributed by atoms with E-state index in [1.807, 2.05) is 100 Å². The van der Waals surface area contributed by atoms with E-state index in [2.05, 4.69) is 11.4 Å². The monoisotopic (exact) mass is 522 g/mol. The van der Waals surface area contributed by atoms with Crippen molar-refractivity contribution >= 4 is 35.2 Å². The molecule has 0 unspecified atom stereocenters. The number of rotatable bonds is 10. The molecule has 0 bridgehead atoms. The molecule has 0 radical (unpaired) electrons. The SMILES string of the molecule is Cc1cccc(CN(C(=O)CSCc2ccc(Cl)cc2)[C@H](Cc2ccccc2)C(=O)NC(C)(C)C)c1. The summed E-state index contributed by atoms with van der Waals surface area (Å²) in [5, 5.41) is 3.80. The number of carbonyl (C=O) groups excluding carboxylic acids is 2. The van der Waals surface area contributed by atoms with Gasteiger partial charge in [0.05, 0.1) is 5.75 Å². The Kier molecular flexibility index (Phi) is 10.0. The van der Waals surface area contributed by atoms with Crippen molar-refractivity contribution in [3.63, 3.8) is 0 Å². The number of aryl methyl sites for hydroxylation is 1. The van der Waals surface area contributed by atoms with Crippen LogP contribution in [0.1, 0.15) is 43.0 Å². The van der Waals surface area contributed by atoms with Crippen molar-refractivity contribution in [3.05, 3.63) is 106 Å². The molecule has 4 nitrogen and oxygen atoms in total. The van der Waals surface area contributed by atoms with Gasteiger partial charge in [-0.15, -0.1) is 11.8 Å². The van der Waals surface area contributed by atoms with E-state index in [4.69, 9.17) is 11.6 Å². The quantitative estimate of drug-likeness (QED) is 0.333. The fraction of sp³-hybridized carbons (Fsp3) is 0.333. The number of hydrogen-bond acceptors (Lipinski definition) is 3. The first-order valence-electron chi connectivity index (χ1n) is 12.1. The number of halogens is 1. The van der Waals surface area contributed by atoms with Gasteiger partial charge in [-0.25, -0.2) is 0 Å². The lowest BCUT2D eigenvalue weighted by atomic mass is 10.0. The molecular formula is C30H35ClN2O2S. The Bertz CT molecular complexity index is 1140. The highest BCUT2D eigenvalue weighted by atomic mass is 35.5. The van der Waals surface area contributed by atoms with E-state index in [1.165, 1.54) is 0 Å². The molecule has 6 heteroatoms.